The normalized spacial score (nSPS) is 21.8. The van der Waals surface area contributed by atoms with Gasteiger partial charge in [0.1, 0.15) is 0 Å². The Hall–Kier alpha value is -1.62. The maximum absolute atomic E-state index is 6.07. The highest BCUT2D eigenvalue weighted by molar-refractivity contribution is 5.79. The highest BCUT2D eigenvalue weighted by atomic mass is 16.5. The van der Waals surface area contributed by atoms with Gasteiger partial charge in [0.25, 0.3) is 0 Å². The van der Waals surface area contributed by atoms with Crippen LogP contribution < -0.4 is 10.6 Å². The molecule has 0 saturated carbocycles. The van der Waals surface area contributed by atoms with E-state index in [9.17, 15) is 0 Å². The van der Waals surface area contributed by atoms with Crippen molar-refractivity contribution in [3.05, 3.63) is 30.1 Å². The topological polar surface area (TPSA) is 58.5 Å². The second-order valence-electron chi connectivity index (χ2n) is 7.78. The molecule has 2 atom stereocenters. The average Bonchev–Trinajstić information content (AvgIpc) is 2.60. The molecule has 0 spiro atoms. The monoisotopic (exact) mass is 346 g/mol. The molecule has 0 bridgehead atoms. The van der Waals surface area contributed by atoms with Crippen LogP contribution in [-0.2, 0) is 11.2 Å². The summed E-state index contributed by atoms with van der Waals surface area (Å²) in [5, 5.41) is 6.76. The Bertz CT molecular complexity index is 524. The summed E-state index contributed by atoms with van der Waals surface area (Å²) in [7, 11) is 0. The van der Waals surface area contributed by atoms with Gasteiger partial charge >= 0.3 is 0 Å². The van der Waals surface area contributed by atoms with Gasteiger partial charge in [-0.2, -0.15) is 0 Å². The van der Waals surface area contributed by atoms with Gasteiger partial charge in [-0.15, -0.1) is 0 Å². The molecule has 1 aromatic rings. The predicted octanol–water partition coefficient (Wildman–Crippen LogP) is 3.02. The maximum Gasteiger partial charge on any atom is 0.191 e. The molecular formula is C20H34N4O. The van der Waals surface area contributed by atoms with Gasteiger partial charge in [-0.3, -0.25) is 9.98 Å². The minimum atomic E-state index is 0.158. The molecule has 1 aliphatic rings. The number of hydrogen-bond acceptors (Lipinski definition) is 3. The van der Waals surface area contributed by atoms with E-state index in [0.717, 1.165) is 50.7 Å². The molecule has 5 heteroatoms. The lowest BCUT2D eigenvalue weighted by molar-refractivity contribution is -0.0823. The first kappa shape index (κ1) is 19.7. The number of hydrogen-bond donors (Lipinski definition) is 2. The van der Waals surface area contributed by atoms with Gasteiger partial charge in [0, 0.05) is 50.5 Å². The van der Waals surface area contributed by atoms with Crippen LogP contribution in [0, 0.1) is 11.3 Å². The third-order valence-electron chi connectivity index (χ3n) is 4.53. The van der Waals surface area contributed by atoms with Crippen LogP contribution in [-0.4, -0.2) is 43.3 Å². The fourth-order valence-corrected chi connectivity index (χ4v) is 3.39. The molecule has 1 saturated heterocycles. The van der Waals surface area contributed by atoms with Crippen LogP contribution in [0.4, 0.5) is 0 Å². The lowest BCUT2D eigenvalue weighted by Gasteiger charge is -2.39. The Labute approximate surface area is 152 Å². The van der Waals surface area contributed by atoms with Crippen LogP contribution in [0.1, 0.15) is 46.2 Å². The lowest BCUT2D eigenvalue weighted by Crippen LogP contribution is -2.43. The van der Waals surface area contributed by atoms with Crippen molar-refractivity contribution in [2.45, 2.75) is 53.1 Å². The highest BCUT2D eigenvalue weighted by Crippen LogP contribution is 2.34. The van der Waals surface area contributed by atoms with Crippen LogP contribution in [0.3, 0.4) is 0 Å². The van der Waals surface area contributed by atoms with E-state index in [1.165, 1.54) is 6.42 Å². The molecule has 2 rings (SSSR count). The van der Waals surface area contributed by atoms with Crippen LogP contribution >= 0.6 is 0 Å². The van der Waals surface area contributed by atoms with Gasteiger partial charge in [0.05, 0.1) is 6.10 Å². The van der Waals surface area contributed by atoms with E-state index in [1.54, 1.807) is 0 Å². The standard InChI is InChI=1S/C20H34N4O/c1-5-21-19(23-13-11-17-10-6-7-12-22-17)24-15-16-9-8-14-25-18(16)20(2,3)4/h6-7,10,12,16,18H,5,8-9,11,13-15H2,1-4H3,(H2,21,23,24). The van der Waals surface area contributed by atoms with Crippen LogP contribution in [0.25, 0.3) is 0 Å². The number of aliphatic imine (C=N–C) groups is 1. The van der Waals surface area contributed by atoms with E-state index >= 15 is 0 Å². The SMILES string of the molecule is CCNC(=NCC1CCCOC1C(C)(C)C)NCCc1ccccn1. The zero-order chi connectivity index (χ0) is 18.1. The number of pyridine rings is 1. The molecule has 0 amide bonds. The van der Waals surface area contributed by atoms with Gasteiger partial charge in [-0.05, 0) is 37.3 Å². The number of aromatic nitrogens is 1. The number of guanidine groups is 1. The molecule has 140 valence electrons. The second-order valence-corrected chi connectivity index (χ2v) is 7.78. The first-order chi connectivity index (χ1) is 12.0. The van der Waals surface area contributed by atoms with Crippen molar-refractivity contribution in [2.75, 3.05) is 26.2 Å². The zero-order valence-electron chi connectivity index (χ0n) is 16.2. The fraction of sp³-hybridized carbons (Fsp3) is 0.700. The van der Waals surface area contributed by atoms with E-state index in [2.05, 4.69) is 49.4 Å². The third kappa shape index (κ3) is 6.65. The van der Waals surface area contributed by atoms with Gasteiger partial charge in [0.2, 0.25) is 0 Å². The van der Waals surface area contributed by atoms with Crippen molar-refractivity contribution in [2.24, 2.45) is 16.3 Å². The smallest absolute Gasteiger partial charge is 0.191 e. The van der Waals surface area contributed by atoms with E-state index in [1.807, 2.05) is 18.3 Å². The molecule has 2 heterocycles. The Morgan fingerprint density at radius 3 is 2.84 bits per heavy atom. The molecule has 1 fully saturated rings. The Morgan fingerprint density at radius 1 is 1.32 bits per heavy atom. The van der Waals surface area contributed by atoms with Crippen molar-refractivity contribution in [1.82, 2.24) is 15.6 Å². The van der Waals surface area contributed by atoms with Gasteiger partial charge in [-0.1, -0.05) is 26.8 Å². The summed E-state index contributed by atoms with van der Waals surface area (Å²) in [4.78, 5) is 9.19. The molecule has 25 heavy (non-hydrogen) atoms. The first-order valence-corrected chi connectivity index (χ1v) is 9.54. The number of ether oxygens (including phenoxy) is 1. The first-order valence-electron chi connectivity index (χ1n) is 9.54. The molecule has 0 aliphatic carbocycles. The second kappa shape index (κ2) is 9.76. The summed E-state index contributed by atoms with van der Waals surface area (Å²) in [6.45, 7) is 12.2. The summed E-state index contributed by atoms with van der Waals surface area (Å²) < 4.78 is 6.07. The van der Waals surface area contributed by atoms with E-state index < -0.39 is 0 Å². The van der Waals surface area contributed by atoms with Gasteiger partial charge in [0.15, 0.2) is 5.96 Å². The minimum absolute atomic E-state index is 0.158. The van der Waals surface area contributed by atoms with E-state index in [0.29, 0.717) is 5.92 Å². The highest BCUT2D eigenvalue weighted by Gasteiger charge is 2.35. The van der Waals surface area contributed by atoms with Crippen LogP contribution in [0.5, 0.6) is 0 Å². The van der Waals surface area contributed by atoms with Gasteiger partial charge < -0.3 is 15.4 Å². The average molecular weight is 347 g/mol. The summed E-state index contributed by atoms with van der Waals surface area (Å²) in [5.74, 6) is 1.37. The van der Waals surface area contributed by atoms with Gasteiger partial charge in [-0.25, -0.2) is 0 Å². The van der Waals surface area contributed by atoms with E-state index in [4.69, 9.17) is 9.73 Å². The van der Waals surface area contributed by atoms with Crippen LogP contribution in [0.2, 0.25) is 0 Å². The number of nitrogens with one attached hydrogen (secondary N) is 2. The van der Waals surface area contributed by atoms with E-state index in [-0.39, 0.29) is 11.5 Å². The van der Waals surface area contributed by atoms with Crippen molar-refractivity contribution in [1.29, 1.82) is 0 Å². The lowest BCUT2D eigenvalue weighted by atomic mass is 9.78. The Balaban J connectivity index is 1.89. The quantitative estimate of drug-likeness (QED) is 0.614. The molecule has 1 aliphatic heterocycles. The Morgan fingerprint density at radius 2 is 2.16 bits per heavy atom. The zero-order valence-corrected chi connectivity index (χ0v) is 16.2. The minimum Gasteiger partial charge on any atom is -0.377 e. The predicted molar refractivity (Wildman–Crippen MR) is 104 cm³/mol. The van der Waals surface area contributed by atoms with Crippen molar-refractivity contribution in [3.63, 3.8) is 0 Å². The summed E-state index contributed by atoms with van der Waals surface area (Å²) >= 11 is 0. The summed E-state index contributed by atoms with van der Waals surface area (Å²) in [6.07, 6.45) is 5.34. The molecule has 2 unspecified atom stereocenters. The van der Waals surface area contributed by atoms with Crippen molar-refractivity contribution >= 4 is 5.96 Å². The van der Waals surface area contributed by atoms with Crippen LogP contribution in [0.15, 0.2) is 29.4 Å². The molecular weight excluding hydrogens is 312 g/mol. The Kier molecular flexibility index (Phi) is 7.69. The summed E-state index contributed by atoms with van der Waals surface area (Å²) in [5.41, 5.74) is 1.25. The van der Waals surface area contributed by atoms with Crippen molar-refractivity contribution < 1.29 is 4.74 Å². The molecule has 5 nitrogen and oxygen atoms in total. The molecule has 1 aromatic heterocycles. The third-order valence-corrected chi connectivity index (χ3v) is 4.53. The molecule has 0 radical (unpaired) electrons. The molecule has 2 N–H and O–H groups in total. The van der Waals surface area contributed by atoms with Crippen molar-refractivity contribution in [3.8, 4) is 0 Å². The number of nitrogens with zero attached hydrogens (tertiary/aromatic N) is 2. The maximum atomic E-state index is 6.07. The summed E-state index contributed by atoms with van der Waals surface area (Å²) in [6, 6.07) is 6.02. The molecule has 0 aromatic carbocycles. The largest absolute Gasteiger partial charge is 0.377 e. The number of rotatable bonds is 6. The fourth-order valence-electron chi connectivity index (χ4n) is 3.39.